The van der Waals surface area contributed by atoms with Gasteiger partial charge in [-0.25, -0.2) is 4.79 Å². The second-order valence-corrected chi connectivity index (χ2v) is 4.15. The van der Waals surface area contributed by atoms with Crippen molar-refractivity contribution in [2.75, 3.05) is 37.5 Å². The summed E-state index contributed by atoms with van der Waals surface area (Å²) in [5.74, 6) is -1.01. The first-order valence-electron chi connectivity index (χ1n) is 5.53. The van der Waals surface area contributed by atoms with Gasteiger partial charge < -0.3 is 25.5 Å². The summed E-state index contributed by atoms with van der Waals surface area (Å²) in [5.41, 5.74) is 1.38. The summed E-state index contributed by atoms with van der Waals surface area (Å²) < 4.78 is 0. The molecule has 0 heterocycles. The van der Waals surface area contributed by atoms with Gasteiger partial charge in [-0.1, -0.05) is 0 Å². The number of aliphatic hydroxyl groups is 2. The SMILES string of the molecule is CN(C)c1ccc(NCC(O)CO)cc1C(=O)O. The van der Waals surface area contributed by atoms with Crippen molar-refractivity contribution in [3.8, 4) is 0 Å². The zero-order chi connectivity index (χ0) is 13.7. The highest BCUT2D eigenvalue weighted by Gasteiger charge is 2.12. The second-order valence-electron chi connectivity index (χ2n) is 4.15. The molecular formula is C12H18N2O4. The number of anilines is 2. The quantitative estimate of drug-likeness (QED) is 0.580. The van der Waals surface area contributed by atoms with Crippen molar-refractivity contribution in [1.82, 2.24) is 0 Å². The molecule has 0 saturated carbocycles. The number of carboxylic acids is 1. The third-order valence-electron chi connectivity index (χ3n) is 2.46. The topological polar surface area (TPSA) is 93.0 Å². The fraction of sp³-hybridized carbons (Fsp3) is 0.417. The van der Waals surface area contributed by atoms with Crippen molar-refractivity contribution in [2.45, 2.75) is 6.10 Å². The van der Waals surface area contributed by atoms with Gasteiger partial charge in [-0.3, -0.25) is 0 Å². The molecule has 0 radical (unpaired) electrons. The highest BCUT2D eigenvalue weighted by atomic mass is 16.4. The van der Waals surface area contributed by atoms with E-state index in [9.17, 15) is 9.90 Å². The first-order valence-corrected chi connectivity index (χ1v) is 5.53. The van der Waals surface area contributed by atoms with Gasteiger partial charge in [0.05, 0.1) is 24.0 Å². The normalized spacial score (nSPS) is 12.0. The summed E-state index contributed by atoms with van der Waals surface area (Å²) >= 11 is 0. The molecule has 6 nitrogen and oxygen atoms in total. The van der Waals surface area contributed by atoms with Crippen LogP contribution in [0.4, 0.5) is 11.4 Å². The zero-order valence-electron chi connectivity index (χ0n) is 10.4. The van der Waals surface area contributed by atoms with Crippen LogP contribution in [0.3, 0.4) is 0 Å². The predicted molar refractivity (Wildman–Crippen MR) is 69.3 cm³/mol. The summed E-state index contributed by atoms with van der Waals surface area (Å²) in [4.78, 5) is 12.8. The van der Waals surface area contributed by atoms with Crippen LogP contribution < -0.4 is 10.2 Å². The summed E-state index contributed by atoms with van der Waals surface area (Å²) in [5, 5.41) is 29.9. The highest BCUT2D eigenvalue weighted by molar-refractivity contribution is 5.95. The first kappa shape index (κ1) is 14.3. The van der Waals surface area contributed by atoms with E-state index in [0.29, 0.717) is 11.4 Å². The van der Waals surface area contributed by atoms with E-state index in [2.05, 4.69) is 5.32 Å². The first-order chi connectivity index (χ1) is 8.45. The Kier molecular flexibility index (Phi) is 4.94. The lowest BCUT2D eigenvalue weighted by molar-refractivity contribution is 0.0697. The summed E-state index contributed by atoms with van der Waals surface area (Å²) in [6.45, 7) is -0.175. The smallest absolute Gasteiger partial charge is 0.337 e. The van der Waals surface area contributed by atoms with Gasteiger partial charge in [0.2, 0.25) is 0 Å². The van der Waals surface area contributed by atoms with E-state index in [1.54, 1.807) is 31.1 Å². The number of aromatic carboxylic acids is 1. The van der Waals surface area contributed by atoms with Crippen LogP contribution >= 0.6 is 0 Å². The van der Waals surface area contributed by atoms with Crippen molar-refractivity contribution in [2.24, 2.45) is 0 Å². The van der Waals surface area contributed by atoms with Gasteiger partial charge in [0.1, 0.15) is 0 Å². The molecule has 0 saturated heterocycles. The van der Waals surface area contributed by atoms with Gasteiger partial charge >= 0.3 is 5.97 Å². The van der Waals surface area contributed by atoms with Gasteiger partial charge in [0.15, 0.2) is 0 Å². The summed E-state index contributed by atoms with van der Waals surface area (Å²) in [7, 11) is 3.54. The monoisotopic (exact) mass is 254 g/mol. The lowest BCUT2D eigenvalue weighted by Gasteiger charge is -2.17. The average molecular weight is 254 g/mol. The fourth-order valence-electron chi connectivity index (χ4n) is 1.51. The summed E-state index contributed by atoms with van der Waals surface area (Å²) in [6, 6.07) is 4.92. The van der Waals surface area contributed by atoms with Crippen molar-refractivity contribution in [1.29, 1.82) is 0 Å². The van der Waals surface area contributed by atoms with E-state index in [-0.39, 0.29) is 18.7 Å². The Morgan fingerprint density at radius 3 is 2.61 bits per heavy atom. The van der Waals surface area contributed by atoms with Crippen molar-refractivity contribution < 1.29 is 20.1 Å². The number of hydrogen-bond donors (Lipinski definition) is 4. The molecule has 6 heteroatoms. The predicted octanol–water partition coefficient (Wildman–Crippen LogP) is 0.216. The number of benzene rings is 1. The molecule has 0 spiro atoms. The lowest BCUT2D eigenvalue weighted by Crippen LogP contribution is -2.23. The molecule has 4 N–H and O–H groups in total. The number of nitrogens with one attached hydrogen (secondary N) is 1. The van der Waals surface area contributed by atoms with Crippen LogP contribution in [0.2, 0.25) is 0 Å². The molecule has 1 unspecified atom stereocenters. The lowest BCUT2D eigenvalue weighted by atomic mass is 10.1. The van der Waals surface area contributed by atoms with Crippen LogP contribution in [-0.4, -0.2) is 54.6 Å². The Hall–Kier alpha value is -1.79. The molecule has 1 aromatic carbocycles. The van der Waals surface area contributed by atoms with E-state index >= 15 is 0 Å². The summed E-state index contributed by atoms with van der Waals surface area (Å²) in [6.07, 6.45) is -0.869. The van der Waals surface area contributed by atoms with E-state index in [1.807, 2.05) is 0 Å². The maximum absolute atomic E-state index is 11.1. The Balaban J connectivity index is 2.90. The van der Waals surface area contributed by atoms with Gasteiger partial charge in [0.25, 0.3) is 0 Å². The van der Waals surface area contributed by atoms with Crippen molar-refractivity contribution in [3.63, 3.8) is 0 Å². The minimum atomic E-state index is -1.01. The second kappa shape index (κ2) is 6.23. The van der Waals surface area contributed by atoms with E-state index < -0.39 is 12.1 Å². The van der Waals surface area contributed by atoms with Crippen LogP contribution in [0.5, 0.6) is 0 Å². The number of carbonyl (C=O) groups is 1. The average Bonchev–Trinajstić information content (AvgIpc) is 2.35. The molecule has 0 bridgehead atoms. The van der Waals surface area contributed by atoms with Crippen LogP contribution in [-0.2, 0) is 0 Å². The van der Waals surface area contributed by atoms with Crippen molar-refractivity contribution >= 4 is 17.3 Å². The molecule has 100 valence electrons. The molecule has 0 aromatic heterocycles. The molecule has 1 aromatic rings. The number of rotatable bonds is 6. The minimum Gasteiger partial charge on any atom is -0.478 e. The van der Waals surface area contributed by atoms with Crippen LogP contribution in [0.15, 0.2) is 18.2 Å². The maximum Gasteiger partial charge on any atom is 0.337 e. The van der Waals surface area contributed by atoms with Crippen LogP contribution in [0.1, 0.15) is 10.4 Å². The Bertz CT molecular complexity index is 421. The highest BCUT2D eigenvalue weighted by Crippen LogP contribution is 2.22. The zero-order valence-corrected chi connectivity index (χ0v) is 10.4. The van der Waals surface area contributed by atoms with E-state index in [4.69, 9.17) is 10.2 Å². The third kappa shape index (κ3) is 3.61. The number of aliphatic hydroxyl groups excluding tert-OH is 2. The molecule has 18 heavy (non-hydrogen) atoms. The molecule has 0 fully saturated rings. The van der Waals surface area contributed by atoms with E-state index in [1.165, 1.54) is 6.07 Å². The molecule has 0 aliphatic rings. The molecule has 0 aliphatic heterocycles. The number of nitrogens with zero attached hydrogens (tertiary/aromatic N) is 1. The van der Waals surface area contributed by atoms with Crippen LogP contribution in [0.25, 0.3) is 0 Å². The van der Waals surface area contributed by atoms with Gasteiger partial charge in [-0.05, 0) is 18.2 Å². The van der Waals surface area contributed by atoms with Gasteiger partial charge in [-0.2, -0.15) is 0 Å². The maximum atomic E-state index is 11.1. The Morgan fingerprint density at radius 1 is 1.44 bits per heavy atom. The van der Waals surface area contributed by atoms with Crippen molar-refractivity contribution in [3.05, 3.63) is 23.8 Å². The largest absolute Gasteiger partial charge is 0.478 e. The fourth-order valence-corrected chi connectivity index (χ4v) is 1.51. The standard InChI is InChI=1S/C12H18N2O4/c1-14(2)11-4-3-8(5-10(11)12(17)18)13-6-9(16)7-15/h3-5,9,13,15-16H,6-7H2,1-2H3,(H,17,18). The Labute approximate surface area is 105 Å². The number of carboxylic acid groups (broad SMARTS) is 1. The molecular weight excluding hydrogens is 236 g/mol. The molecule has 0 amide bonds. The molecule has 0 aliphatic carbocycles. The van der Waals surface area contributed by atoms with E-state index in [0.717, 1.165) is 0 Å². The Morgan fingerprint density at radius 2 is 2.11 bits per heavy atom. The third-order valence-corrected chi connectivity index (χ3v) is 2.46. The van der Waals surface area contributed by atoms with Gasteiger partial charge in [0, 0.05) is 26.3 Å². The molecule has 1 rings (SSSR count). The van der Waals surface area contributed by atoms with Gasteiger partial charge in [-0.15, -0.1) is 0 Å². The number of hydrogen-bond acceptors (Lipinski definition) is 5. The molecule has 1 atom stereocenters. The van der Waals surface area contributed by atoms with Crippen LogP contribution in [0, 0.1) is 0 Å². The minimum absolute atomic E-state index is 0.164.